The Bertz CT molecular complexity index is 554. The van der Waals surface area contributed by atoms with E-state index in [1.54, 1.807) is 12.4 Å². The zero-order valence-electron chi connectivity index (χ0n) is 9.52. The third-order valence-electron chi connectivity index (χ3n) is 3.38. The number of carbonyl (C=O) groups is 1. The van der Waals surface area contributed by atoms with Crippen LogP contribution in [0.1, 0.15) is 16.8 Å². The summed E-state index contributed by atoms with van der Waals surface area (Å²) >= 11 is 0. The number of aromatic nitrogens is 1. The Kier molecular flexibility index (Phi) is 2.61. The van der Waals surface area contributed by atoms with Crippen molar-refractivity contribution in [3.05, 3.63) is 42.2 Å². The molecule has 2 aromatic rings. The first-order chi connectivity index (χ1) is 8.36. The minimum Gasteiger partial charge on any atom is -0.316 e. The van der Waals surface area contributed by atoms with Crippen molar-refractivity contribution in [2.24, 2.45) is 5.92 Å². The third-order valence-corrected chi connectivity index (χ3v) is 3.38. The summed E-state index contributed by atoms with van der Waals surface area (Å²) in [5.41, 5.74) is 0.810. The van der Waals surface area contributed by atoms with Crippen molar-refractivity contribution in [2.75, 3.05) is 13.1 Å². The first kappa shape index (κ1) is 10.4. The van der Waals surface area contributed by atoms with E-state index < -0.39 is 0 Å². The standard InChI is InChI=1S/C14H14N2O/c17-14(11-5-7-15-8-11)12-3-1-2-10-4-6-16-9-13(10)12/h1-4,6,9,11,15H,5,7-8H2. The molecular weight excluding hydrogens is 212 g/mol. The van der Waals surface area contributed by atoms with E-state index in [0.717, 1.165) is 35.8 Å². The fourth-order valence-electron chi connectivity index (χ4n) is 2.43. The summed E-state index contributed by atoms with van der Waals surface area (Å²) in [6, 6.07) is 7.81. The molecule has 1 aliphatic rings. The average Bonchev–Trinajstić information content (AvgIpc) is 2.91. The maximum Gasteiger partial charge on any atom is 0.167 e. The molecule has 0 radical (unpaired) electrons. The van der Waals surface area contributed by atoms with E-state index in [1.165, 1.54) is 0 Å². The van der Waals surface area contributed by atoms with E-state index in [-0.39, 0.29) is 11.7 Å². The van der Waals surface area contributed by atoms with Gasteiger partial charge in [-0.15, -0.1) is 0 Å². The molecule has 1 aromatic heterocycles. The largest absolute Gasteiger partial charge is 0.316 e. The van der Waals surface area contributed by atoms with Gasteiger partial charge < -0.3 is 5.32 Å². The third kappa shape index (κ3) is 1.83. The van der Waals surface area contributed by atoms with Gasteiger partial charge in [-0.05, 0) is 24.4 Å². The predicted octanol–water partition coefficient (Wildman–Crippen LogP) is 2.03. The van der Waals surface area contributed by atoms with Gasteiger partial charge in [0.25, 0.3) is 0 Å². The molecule has 1 N–H and O–H groups in total. The van der Waals surface area contributed by atoms with Gasteiger partial charge in [0.1, 0.15) is 0 Å². The van der Waals surface area contributed by atoms with E-state index in [2.05, 4.69) is 10.3 Å². The molecule has 86 valence electrons. The fourth-order valence-corrected chi connectivity index (χ4v) is 2.43. The van der Waals surface area contributed by atoms with Crippen LogP contribution in [-0.2, 0) is 0 Å². The first-order valence-corrected chi connectivity index (χ1v) is 5.94. The van der Waals surface area contributed by atoms with E-state index in [4.69, 9.17) is 0 Å². The number of nitrogens with one attached hydrogen (secondary N) is 1. The molecular formula is C14H14N2O. The molecule has 0 bridgehead atoms. The highest BCUT2D eigenvalue weighted by Crippen LogP contribution is 2.22. The van der Waals surface area contributed by atoms with Crippen molar-refractivity contribution < 1.29 is 4.79 Å². The number of pyridine rings is 1. The number of ketones is 1. The minimum atomic E-state index is 0.126. The molecule has 0 aliphatic carbocycles. The van der Waals surface area contributed by atoms with Gasteiger partial charge in [0.05, 0.1) is 0 Å². The van der Waals surface area contributed by atoms with Gasteiger partial charge in [0.15, 0.2) is 5.78 Å². The molecule has 3 nitrogen and oxygen atoms in total. The number of nitrogens with zero attached hydrogens (tertiary/aromatic N) is 1. The molecule has 1 atom stereocenters. The van der Waals surface area contributed by atoms with Crippen LogP contribution in [0.3, 0.4) is 0 Å². The predicted molar refractivity (Wildman–Crippen MR) is 67.1 cm³/mol. The monoisotopic (exact) mass is 226 g/mol. The van der Waals surface area contributed by atoms with Gasteiger partial charge in [0, 0.05) is 35.8 Å². The number of benzene rings is 1. The molecule has 1 aliphatic heterocycles. The van der Waals surface area contributed by atoms with E-state index in [0.29, 0.717) is 0 Å². The summed E-state index contributed by atoms with van der Waals surface area (Å²) in [7, 11) is 0. The van der Waals surface area contributed by atoms with Crippen LogP contribution in [-0.4, -0.2) is 23.9 Å². The maximum atomic E-state index is 12.4. The summed E-state index contributed by atoms with van der Waals surface area (Å²) in [5.74, 6) is 0.370. The van der Waals surface area contributed by atoms with Crippen molar-refractivity contribution in [1.29, 1.82) is 0 Å². The first-order valence-electron chi connectivity index (χ1n) is 5.94. The zero-order valence-corrected chi connectivity index (χ0v) is 9.52. The second-order valence-electron chi connectivity index (χ2n) is 4.46. The molecule has 3 rings (SSSR count). The summed E-state index contributed by atoms with van der Waals surface area (Å²) < 4.78 is 0. The van der Waals surface area contributed by atoms with Gasteiger partial charge in [-0.1, -0.05) is 18.2 Å². The van der Waals surface area contributed by atoms with Gasteiger partial charge in [-0.2, -0.15) is 0 Å². The molecule has 1 aromatic carbocycles. The number of fused-ring (bicyclic) bond motifs is 1. The van der Waals surface area contributed by atoms with Crippen LogP contribution in [0.2, 0.25) is 0 Å². The Balaban J connectivity index is 2.07. The highest BCUT2D eigenvalue weighted by molar-refractivity contribution is 6.09. The SMILES string of the molecule is O=C(c1cccc2ccncc12)C1CCNC1. The number of rotatable bonds is 2. The highest BCUT2D eigenvalue weighted by atomic mass is 16.1. The molecule has 0 amide bonds. The molecule has 0 saturated carbocycles. The lowest BCUT2D eigenvalue weighted by Crippen LogP contribution is -2.18. The van der Waals surface area contributed by atoms with E-state index in [9.17, 15) is 4.79 Å². The van der Waals surface area contributed by atoms with Gasteiger partial charge in [-0.25, -0.2) is 0 Å². The summed E-state index contributed by atoms with van der Waals surface area (Å²) in [6.45, 7) is 1.74. The molecule has 17 heavy (non-hydrogen) atoms. The Hall–Kier alpha value is -1.74. The van der Waals surface area contributed by atoms with Gasteiger partial charge in [-0.3, -0.25) is 9.78 Å². The van der Waals surface area contributed by atoms with Crippen molar-refractivity contribution in [3.63, 3.8) is 0 Å². The van der Waals surface area contributed by atoms with E-state index in [1.807, 2.05) is 24.3 Å². The second-order valence-corrected chi connectivity index (χ2v) is 4.46. The van der Waals surface area contributed by atoms with Gasteiger partial charge in [0.2, 0.25) is 0 Å². The van der Waals surface area contributed by atoms with Crippen molar-refractivity contribution in [2.45, 2.75) is 6.42 Å². The normalized spacial score (nSPS) is 19.6. The van der Waals surface area contributed by atoms with Crippen molar-refractivity contribution >= 4 is 16.6 Å². The molecule has 1 unspecified atom stereocenters. The van der Waals surface area contributed by atoms with Crippen LogP contribution in [0.4, 0.5) is 0 Å². The van der Waals surface area contributed by atoms with Gasteiger partial charge >= 0.3 is 0 Å². The zero-order chi connectivity index (χ0) is 11.7. The Morgan fingerprint density at radius 1 is 1.35 bits per heavy atom. The van der Waals surface area contributed by atoms with E-state index >= 15 is 0 Å². The summed E-state index contributed by atoms with van der Waals surface area (Å²) in [6.07, 6.45) is 4.48. The number of carbonyl (C=O) groups excluding carboxylic acids is 1. The number of hydrogen-bond donors (Lipinski definition) is 1. The van der Waals surface area contributed by atoms with Crippen LogP contribution >= 0.6 is 0 Å². The summed E-state index contributed by atoms with van der Waals surface area (Å²) in [4.78, 5) is 16.5. The molecule has 2 heterocycles. The average molecular weight is 226 g/mol. The molecule has 1 fully saturated rings. The number of Topliss-reactive ketones (excluding diaryl/α,β-unsaturated/α-hetero) is 1. The van der Waals surface area contributed by atoms with Crippen LogP contribution in [0.15, 0.2) is 36.7 Å². The number of hydrogen-bond acceptors (Lipinski definition) is 3. The Labute approximate surface area is 99.9 Å². The lowest BCUT2D eigenvalue weighted by molar-refractivity contribution is 0.0932. The van der Waals surface area contributed by atoms with Crippen LogP contribution in [0.5, 0.6) is 0 Å². The highest BCUT2D eigenvalue weighted by Gasteiger charge is 2.24. The topological polar surface area (TPSA) is 42.0 Å². The van der Waals surface area contributed by atoms with Crippen LogP contribution in [0, 0.1) is 5.92 Å². The fraction of sp³-hybridized carbons (Fsp3) is 0.286. The Morgan fingerprint density at radius 2 is 2.29 bits per heavy atom. The quantitative estimate of drug-likeness (QED) is 0.797. The second kappa shape index (κ2) is 4.26. The summed E-state index contributed by atoms with van der Waals surface area (Å²) in [5, 5.41) is 5.28. The molecule has 0 spiro atoms. The maximum absolute atomic E-state index is 12.4. The lowest BCUT2D eigenvalue weighted by atomic mass is 9.94. The van der Waals surface area contributed by atoms with Crippen molar-refractivity contribution in [1.82, 2.24) is 10.3 Å². The van der Waals surface area contributed by atoms with Crippen LogP contribution in [0.25, 0.3) is 10.8 Å². The minimum absolute atomic E-state index is 0.126. The smallest absolute Gasteiger partial charge is 0.167 e. The molecule has 1 saturated heterocycles. The van der Waals surface area contributed by atoms with Crippen molar-refractivity contribution in [3.8, 4) is 0 Å². The Morgan fingerprint density at radius 3 is 3.12 bits per heavy atom. The van der Waals surface area contributed by atoms with Crippen LogP contribution < -0.4 is 5.32 Å². The molecule has 3 heteroatoms. The lowest BCUT2D eigenvalue weighted by Gasteiger charge is -2.09.